The van der Waals surface area contributed by atoms with Crippen LogP contribution in [0.4, 0.5) is 5.69 Å². The minimum Gasteiger partial charge on any atom is -0.449 e. The van der Waals surface area contributed by atoms with Crippen molar-refractivity contribution in [2.45, 2.75) is 13.0 Å². The van der Waals surface area contributed by atoms with Crippen LogP contribution in [0, 0.1) is 0 Å². The molecule has 0 radical (unpaired) electrons. The zero-order valence-corrected chi connectivity index (χ0v) is 14.5. The average molecular weight is 360 g/mol. The molecule has 0 spiro atoms. The Morgan fingerprint density at radius 3 is 2.85 bits per heavy atom. The van der Waals surface area contributed by atoms with Gasteiger partial charge in [-0.05, 0) is 43.3 Å². The van der Waals surface area contributed by atoms with Crippen LogP contribution in [-0.2, 0) is 9.53 Å². The van der Waals surface area contributed by atoms with Gasteiger partial charge in [0, 0.05) is 30.2 Å². The maximum atomic E-state index is 12.5. The molecule has 3 aromatic heterocycles. The minimum atomic E-state index is -0.958. The van der Waals surface area contributed by atoms with Crippen LogP contribution in [0.1, 0.15) is 17.3 Å². The number of benzene rings is 1. The SMILES string of the molecule is C[C@@H](OC(=O)c1ccn2ccnc2c1)C(=O)Nc1cccc2ncccc12. The lowest BCUT2D eigenvalue weighted by molar-refractivity contribution is -0.123. The number of amides is 1. The molecule has 1 amide bonds. The molecule has 0 bridgehead atoms. The van der Waals surface area contributed by atoms with Gasteiger partial charge in [0.25, 0.3) is 5.91 Å². The largest absolute Gasteiger partial charge is 0.449 e. The first kappa shape index (κ1) is 16.7. The van der Waals surface area contributed by atoms with Gasteiger partial charge in [-0.25, -0.2) is 9.78 Å². The third-order valence-corrected chi connectivity index (χ3v) is 4.19. The van der Waals surface area contributed by atoms with Gasteiger partial charge in [0.15, 0.2) is 6.10 Å². The predicted molar refractivity (Wildman–Crippen MR) is 100 cm³/mol. The molecular formula is C20H16N4O3. The molecule has 27 heavy (non-hydrogen) atoms. The molecule has 4 rings (SSSR count). The van der Waals surface area contributed by atoms with Crippen LogP contribution in [-0.4, -0.2) is 32.3 Å². The highest BCUT2D eigenvalue weighted by Crippen LogP contribution is 2.21. The summed E-state index contributed by atoms with van der Waals surface area (Å²) in [5.41, 5.74) is 2.35. The van der Waals surface area contributed by atoms with Gasteiger partial charge in [0.1, 0.15) is 5.65 Å². The molecule has 0 fully saturated rings. The summed E-state index contributed by atoms with van der Waals surface area (Å²) in [7, 11) is 0. The van der Waals surface area contributed by atoms with Gasteiger partial charge in [0.05, 0.1) is 16.8 Å². The molecule has 0 saturated heterocycles. The van der Waals surface area contributed by atoms with Crippen molar-refractivity contribution in [3.8, 4) is 0 Å². The number of esters is 1. The Labute approximate surface area is 154 Å². The Hall–Kier alpha value is -3.74. The van der Waals surface area contributed by atoms with E-state index in [1.807, 2.05) is 12.1 Å². The zero-order chi connectivity index (χ0) is 18.8. The van der Waals surface area contributed by atoms with E-state index in [0.717, 1.165) is 10.9 Å². The summed E-state index contributed by atoms with van der Waals surface area (Å²) >= 11 is 0. The van der Waals surface area contributed by atoms with Crippen molar-refractivity contribution in [1.29, 1.82) is 0 Å². The van der Waals surface area contributed by atoms with Crippen molar-refractivity contribution in [3.63, 3.8) is 0 Å². The molecule has 0 aliphatic carbocycles. The maximum Gasteiger partial charge on any atom is 0.339 e. The van der Waals surface area contributed by atoms with Crippen LogP contribution in [0.15, 0.2) is 67.3 Å². The fourth-order valence-corrected chi connectivity index (χ4v) is 2.77. The number of nitrogens with one attached hydrogen (secondary N) is 1. The van der Waals surface area contributed by atoms with Crippen LogP contribution >= 0.6 is 0 Å². The first-order valence-corrected chi connectivity index (χ1v) is 8.40. The summed E-state index contributed by atoms with van der Waals surface area (Å²) in [6.07, 6.45) is 5.86. The van der Waals surface area contributed by atoms with Crippen LogP contribution in [0.5, 0.6) is 0 Å². The molecule has 1 N–H and O–H groups in total. The van der Waals surface area contributed by atoms with Gasteiger partial charge in [0.2, 0.25) is 0 Å². The summed E-state index contributed by atoms with van der Waals surface area (Å²) in [5.74, 6) is -0.996. The lowest BCUT2D eigenvalue weighted by Crippen LogP contribution is -2.30. The number of aromatic nitrogens is 3. The molecular weight excluding hydrogens is 344 g/mol. The smallest absolute Gasteiger partial charge is 0.339 e. The molecule has 7 nitrogen and oxygen atoms in total. The number of carbonyl (C=O) groups excluding carboxylic acids is 2. The molecule has 3 heterocycles. The second kappa shape index (κ2) is 6.87. The number of nitrogens with zero attached hydrogens (tertiary/aromatic N) is 3. The number of fused-ring (bicyclic) bond motifs is 2. The van der Waals surface area contributed by atoms with Gasteiger partial charge in [-0.2, -0.15) is 0 Å². The summed E-state index contributed by atoms with van der Waals surface area (Å²) in [6.45, 7) is 1.53. The van der Waals surface area contributed by atoms with Crippen LogP contribution in [0.2, 0.25) is 0 Å². The van der Waals surface area contributed by atoms with Crippen molar-refractivity contribution >= 4 is 34.1 Å². The number of carbonyl (C=O) groups is 2. The van der Waals surface area contributed by atoms with Crippen LogP contribution in [0.25, 0.3) is 16.6 Å². The van der Waals surface area contributed by atoms with Crippen molar-refractivity contribution in [3.05, 3.63) is 72.8 Å². The Morgan fingerprint density at radius 2 is 1.96 bits per heavy atom. The van der Waals surface area contributed by atoms with Gasteiger partial charge < -0.3 is 14.5 Å². The molecule has 1 atom stereocenters. The number of hydrogen-bond acceptors (Lipinski definition) is 5. The Morgan fingerprint density at radius 1 is 1.07 bits per heavy atom. The molecule has 0 aliphatic rings. The van der Waals surface area contributed by atoms with E-state index in [1.54, 1.807) is 59.5 Å². The summed E-state index contributed by atoms with van der Waals surface area (Å²) in [4.78, 5) is 33.2. The monoisotopic (exact) mass is 360 g/mol. The van der Waals surface area contributed by atoms with E-state index in [-0.39, 0.29) is 0 Å². The number of rotatable bonds is 4. The van der Waals surface area contributed by atoms with Crippen LogP contribution < -0.4 is 5.32 Å². The summed E-state index contributed by atoms with van der Waals surface area (Å²) in [5, 5.41) is 3.61. The van der Waals surface area contributed by atoms with Gasteiger partial charge >= 0.3 is 5.97 Å². The van der Waals surface area contributed by atoms with Crippen molar-refractivity contribution in [2.24, 2.45) is 0 Å². The van der Waals surface area contributed by atoms with Gasteiger partial charge in [-0.1, -0.05) is 6.07 Å². The maximum absolute atomic E-state index is 12.5. The van der Waals surface area contributed by atoms with Gasteiger partial charge in [-0.15, -0.1) is 0 Å². The van der Waals surface area contributed by atoms with E-state index in [9.17, 15) is 9.59 Å². The third-order valence-electron chi connectivity index (χ3n) is 4.19. The number of hydrogen-bond donors (Lipinski definition) is 1. The molecule has 0 unspecified atom stereocenters. The number of pyridine rings is 2. The minimum absolute atomic E-state index is 0.336. The van der Waals surface area contributed by atoms with Crippen molar-refractivity contribution < 1.29 is 14.3 Å². The second-order valence-electron chi connectivity index (χ2n) is 6.02. The van der Waals surface area contributed by atoms with E-state index in [2.05, 4.69) is 15.3 Å². The number of ether oxygens (including phenoxy) is 1. The predicted octanol–water partition coefficient (Wildman–Crippen LogP) is 3.07. The Kier molecular flexibility index (Phi) is 4.25. The molecule has 7 heteroatoms. The highest BCUT2D eigenvalue weighted by atomic mass is 16.5. The fraction of sp³-hybridized carbons (Fsp3) is 0.100. The van der Waals surface area contributed by atoms with Gasteiger partial charge in [-0.3, -0.25) is 9.78 Å². The lowest BCUT2D eigenvalue weighted by atomic mass is 10.2. The lowest BCUT2D eigenvalue weighted by Gasteiger charge is -2.14. The molecule has 4 aromatic rings. The number of imidazole rings is 1. The second-order valence-corrected chi connectivity index (χ2v) is 6.02. The summed E-state index contributed by atoms with van der Waals surface area (Å²) in [6, 6.07) is 12.4. The van der Waals surface area contributed by atoms with E-state index in [0.29, 0.717) is 16.9 Å². The topological polar surface area (TPSA) is 85.6 Å². The Balaban J connectivity index is 1.47. The molecule has 134 valence electrons. The molecule has 1 aromatic carbocycles. The highest BCUT2D eigenvalue weighted by Gasteiger charge is 2.20. The molecule has 0 aliphatic heterocycles. The van der Waals surface area contributed by atoms with Crippen molar-refractivity contribution in [2.75, 3.05) is 5.32 Å². The van der Waals surface area contributed by atoms with E-state index in [4.69, 9.17) is 4.74 Å². The highest BCUT2D eigenvalue weighted by molar-refractivity contribution is 6.03. The Bertz CT molecular complexity index is 1150. The quantitative estimate of drug-likeness (QED) is 0.565. The number of anilines is 1. The third kappa shape index (κ3) is 3.35. The molecule has 0 saturated carbocycles. The normalized spacial score (nSPS) is 12.0. The average Bonchev–Trinajstić information content (AvgIpc) is 3.16. The zero-order valence-electron chi connectivity index (χ0n) is 14.5. The van der Waals surface area contributed by atoms with Crippen molar-refractivity contribution in [1.82, 2.24) is 14.4 Å². The first-order valence-electron chi connectivity index (χ1n) is 8.40. The standard InChI is InChI=1S/C20H16N4O3/c1-13(27-20(26)14-7-10-24-11-9-22-18(24)12-14)19(25)23-17-6-2-5-16-15(17)4-3-8-21-16/h2-13H,1H3,(H,23,25)/t13-/m1/s1. The first-order chi connectivity index (χ1) is 13.1. The van der Waals surface area contributed by atoms with Crippen LogP contribution in [0.3, 0.4) is 0 Å². The fourth-order valence-electron chi connectivity index (χ4n) is 2.77. The summed E-state index contributed by atoms with van der Waals surface area (Å²) < 4.78 is 7.08. The van der Waals surface area contributed by atoms with E-state index >= 15 is 0 Å². The van der Waals surface area contributed by atoms with E-state index < -0.39 is 18.0 Å². The van der Waals surface area contributed by atoms with E-state index in [1.165, 1.54) is 6.92 Å².